The molecule has 1 N–H and O–H groups in total. The molecule has 0 fully saturated rings. The normalized spacial score (nSPS) is 5.14. The summed E-state index contributed by atoms with van der Waals surface area (Å²) >= 11 is 2.94. The maximum absolute atomic E-state index is 7.88. The third kappa shape index (κ3) is 34.3. The topological polar surface area (TPSA) is 20.2 Å². The van der Waals surface area contributed by atoms with Crippen LogP contribution in [0.4, 0.5) is 0 Å². The maximum atomic E-state index is 7.88. The Labute approximate surface area is 83.6 Å². The van der Waals surface area contributed by atoms with E-state index in [1.807, 2.05) is 12.8 Å². The van der Waals surface area contributed by atoms with Gasteiger partial charge in [0.2, 0.25) is 0 Å². The molecular weight excluding hydrogens is 184 g/mol. The van der Waals surface area contributed by atoms with Crippen LogP contribution >= 0.6 is 15.9 Å². The minimum Gasteiger partial charge on any atom is -0.396 e. The Morgan fingerprint density at radius 3 is 1.57 bits per heavy atom. The van der Waals surface area contributed by atoms with Crippen molar-refractivity contribution in [3.8, 4) is 0 Å². The molecule has 0 aliphatic rings. The van der Waals surface area contributed by atoms with E-state index >= 15 is 0 Å². The van der Waals surface area contributed by atoms with Crippen LogP contribution in [0, 0.1) is 37.7 Å². The van der Waals surface area contributed by atoms with Crippen molar-refractivity contribution in [3.05, 3.63) is 0 Å². The molecular formula is C4H11ArBrO. The van der Waals surface area contributed by atoms with Crippen molar-refractivity contribution in [1.82, 2.24) is 0 Å². The van der Waals surface area contributed by atoms with Crippen molar-refractivity contribution < 1.29 is 42.8 Å². The van der Waals surface area contributed by atoms with Gasteiger partial charge < -0.3 is 5.11 Å². The molecule has 3 heteroatoms. The van der Waals surface area contributed by atoms with Crippen LogP contribution in [0.25, 0.3) is 0 Å². The zero-order chi connectivity index (χ0) is 5.41. The van der Waals surface area contributed by atoms with Crippen LogP contribution in [-0.2, 0) is 0 Å². The summed E-state index contributed by atoms with van der Waals surface area (Å²) in [5, 5.41) is 7.88. The van der Waals surface area contributed by atoms with E-state index in [1.165, 1.54) is 0 Å². The van der Waals surface area contributed by atoms with E-state index in [4.69, 9.17) is 5.11 Å². The number of aliphatic hydroxyl groups is 1. The molecule has 0 aliphatic heterocycles. The summed E-state index contributed by atoms with van der Waals surface area (Å²) in [6.45, 7) is 2.25. The summed E-state index contributed by atoms with van der Waals surface area (Å²) < 4.78 is 0. The van der Waals surface area contributed by atoms with Crippen LogP contribution < -0.4 is 0 Å². The molecule has 48 valence electrons. The number of hydrogen-bond acceptors (Lipinski definition) is 1. The van der Waals surface area contributed by atoms with E-state index in [0.29, 0.717) is 6.61 Å². The number of aliphatic hydroxyl groups excluding tert-OH is 1. The van der Waals surface area contributed by atoms with E-state index in [-0.39, 0.29) is 37.7 Å². The fourth-order valence-electron chi connectivity index (χ4n) is 0. The SMILES string of the molecule is CBr.CCCO.[Ar]. The molecule has 0 saturated heterocycles. The van der Waals surface area contributed by atoms with Crippen LogP contribution in [0.3, 0.4) is 0 Å². The van der Waals surface area contributed by atoms with E-state index in [2.05, 4.69) is 15.9 Å². The molecule has 0 amide bonds. The summed E-state index contributed by atoms with van der Waals surface area (Å²) in [5.74, 6) is 1.81. The number of hydrogen-bond donors (Lipinski definition) is 1. The van der Waals surface area contributed by atoms with Gasteiger partial charge in [0.1, 0.15) is 0 Å². The molecule has 0 aromatic carbocycles. The third-order valence-corrected chi connectivity index (χ3v) is 0.224. The standard InChI is InChI=1S/C3H8O.CH3Br.Ar/c1-2-3-4;1-2;/h4H,2-3H2,1H3;1H3;. The molecule has 0 aliphatic carbocycles. The zero-order valence-corrected chi connectivity index (χ0v) is 6.89. The second-order valence-electron chi connectivity index (χ2n) is 0.724. The molecule has 0 atom stereocenters. The number of halogens is 1. The third-order valence-electron chi connectivity index (χ3n) is 0.224. The Balaban J connectivity index is -0.0000000480. The Morgan fingerprint density at radius 2 is 1.57 bits per heavy atom. The van der Waals surface area contributed by atoms with Gasteiger partial charge in [-0.2, -0.15) is 0 Å². The van der Waals surface area contributed by atoms with Gasteiger partial charge in [-0.1, -0.05) is 22.9 Å². The fraction of sp³-hybridized carbons (Fsp3) is 1.00. The van der Waals surface area contributed by atoms with E-state index in [9.17, 15) is 0 Å². The average molecular weight is 195 g/mol. The van der Waals surface area contributed by atoms with Crippen molar-refractivity contribution in [2.45, 2.75) is 13.3 Å². The molecule has 1 nitrogen and oxygen atoms in total. The van der Waals surface area contributed by atoms with Gasteiger partial charge in [-0.15, -0.1) is 0 Å². The molecule has 0 unspecified atom stereocenters. The van der Waals surface area contributed by atoms with E-state index in [1.54, 1.807) is 0 Å². The molecule has 0 saturated carbocycles. The average Bonchev–Trinajstić information content (AvgIpc) is 1.72. The predicted molar refractivity (Wildman–Crippen MR) is 32.2 cm³/mol. The predicted octanol–water partition coefficient (Wildman–Crippen LogP) is 1.40. The zero-order valence-electron chi connectivity index (χ0n) is 4.59. The molecule has 0 heterocycles. The summed E-state index contributed by atoms with van der Waals surface area (Å²) in [7, 11) is 0. The monoisotopic (exact) mass is 194 g/mol. The maximum Gasteiger partial charge on any atom is 0.0428 e. The van der Waals surface area contributed by atoms with Gasteiger partial charge in [0.05, 0.1) is 0 Å². The summed E-state index contributed by atoms with van der Waals surface area (Å²) in [6.07, 6.45) is 0.875. The molecule has 0 aromatic rings. The van der Waals surface area contributed by atoms with Crippen LogP contribution in [0.15, 0.2) is 0 Å². The molecule has 0 spiro atoms. The first kappa shape index (κ1) is 15.9. The van der Waals surface area contributed by atoms with Crippen molar-refractivity contribution in [1.29, 1.82) is 0 Å². The van der Waals surface area contributed by atoms with Gasteiger partial charge in [0, 0.05) is 44.3 Å². The van der Waals surface area contributed by atoms with Crippen molar-refractivity contribution in [3.63, 3.8) is 0 Å². The summed E-state index contributed by atoms with van der Waals surface area (Å²) in [4.78, 5) is 0. The van der Waals surface area contributed by atoms with Crippen LogP contribution in [-0.4, -0.2) is 17.5 Å². The molecule has 0 aromatic heterocycles. The van der Waals surface area contributed by atoms with Crippen LogP contribution in [0.1, 0.15) is 13.3 Å². The Kier molecular flexibility index (Phi) is 57.3. The number of rotatable bonds is 1. The Bertz CT molecular complexity index is 13.7. The molecule has 0 bridgehead atoms. The second kappa shape index (κ2) is 25.2. The smallest absolute Gasteiger partial charge is 0.0428 e. The van der Waals surface area contributed by atoms with Gasteiger partial charge in [0.15, 0.2) is 0 Å². The van der Waals surface area contributed by atoms with Crippen molar-refractivity contribution in [2.75, 3.05) is 12.4 Å². The van der Waals surface area contributed by atoms with Crippen molar-refractivity contribution in [2.24, 2.45) is 0 Å². The minimum absolute atomic E-state index is 0. The van der Waals surface area contributed by atoms with E-state index < -0.39 is 0 Å². The van der Waals surface area contributed by atoms with Gasteiger partial charge in [-0.3, -0.25) is 0 Å². The number of alkyl halides is 1. The van der Waals surface area contributed by atoms with E-state index in [0.717, 1.165) is 6.42 Å². The molecule has 0 radical (unpaired) electrons. The second-order valence-corrected chi connectivity index (χ2v) is 0.724. The van der Waals surface area contributed by atoms with Gasteiger partial charge in [-0.05, 0) is 12.3 Å². The quantitative estimate of drug-likeness (QED) is 0.627. The largest absolute Gasteiger partial charge is 0.396 e. The van der Waals surface area contributed by atoms with Gasteiger partial charge in [0.25, 0.3) is 0 Å². The van der Waals surface area contributed by atoms with Crippen LogP contribution in [0.5, 0.6) is 0 Å². The Hall–Kier alpha value is 1.70. The first-order chi connectivity index (χ1) is 2.91. The minimum atomic E-state index is 0. The first-order valence-corrected chi connectivity index (χ1v) is 3.49. The molecule has 0 rings (SSSR count). The molecule has 7 heavy (non-hydrogen) atoms. The first-order valence-electron chi connectivity index (χ1n) is 1.90. The summed E-state index contributed by atoms with van der Waals surface area (Å²) in [5.41, 5.74) is 0. The van der Waals surface area contributed by atoms with Crippen molar-refractivity contribution >= 4 is 15.9 Å². The summed E-state index contributed by atoms with van der Waals surface area (Å²) in [6, 6.07) is 0. The van der Waals surface area contributed by atoms with Crippen LogP contribution in [0.2, 0.25) is 0 Å². The van der Waals surface area contributed by atoms with Gasteiger partial charge >= 0.3 is 0 Å². The fourth-order valence-corrected chi connectivity index (χ4v) is 0. The Morgan fingerprint density at radius 1 is 1.43 bits per heavy atom. The van der Waals surface area contributed by atoms with Gasteiger partial charge in [-0.25, -0.2) is 0 Å².